The molecule has 3 amide bonds. The first kappa shape index (κ1) is 23.6. The Balaban J connectivity index is 1.88. The maximum atomic E-state index is 12.6. The van der Waals surface area contributed by atoms with Crippen molar-refractivity contribution in [3.05, 3.63) is 24.4 Å². The van der Waals surface area contributed by atoms with E-state index in [1.807, 2.05) is 0 Å². The summed E-state index contributed by atoms with van der Waals surface area (Å²) in [5, 5.41) is 14.4. The highest BCUT2D eigenvalue weighted by atomic mass is 16.5. The van der Waals surface area contributed by atoms with Crippen LogP contribution in [0.5, 0.6) is 0 Å². The predicted octanol–water partition coefficient (Wildman–Crippen LogP) is -1.31. The number of carboxylic acids is 1. The fourth-order valence-electron chi connectivity index (χ4n) is 3.03. The van der Waals surface area contributed by atoms with Crippen molar-refractivity contribution in [1.82, 2.24) is 20.1 Å². The number of aliphatic carboxylic acids is 1. The summed E-state index contributed by atoms with van der Waals surface area (Å²) in [4.78, 5) is 66.2. The van der Waals surface area contributed by atoms with Crippen LogP contribution in [-0.2, 0) is 28.7 Å². The lowest BCUT2D eigenvalue weighted by molar-refractivity contribution is -0.158. The highest BCUT2D eigenvalue weighted by Gasteiger charge is 2.39. The Kier molecular flexibility index (Phi) is 8.73. The molecule has 0 saturated carbocycles. The van der Waals surface area contributed by atoms with Crippen molar-refractivity contribution in [3.63, 3.8) is 0 Å². The minimum absolute atomic E-state index is 0.0104. The maximum Gasteiger partial charge on any atom is 0.323 e. The van der Waals surface area contributed by atoms with Crippen LogP contribution in [0.2, 0.25) is 0 Å². The standard InChI is InChI=1S/C19H25N5O7/c1-31-18(29)10-13-19(30)23(12-17(27)28)8-9-24(13)16(26)11-22-15(25)5-7-21-14-4-2-3-6-20-14/h2-4,6,13H,5,7-12H2,1H3,(H,20,21)(H,22,25)(H,27,28). The molecule has 0 spiro atoms. The second-order valence-corrected chi connectivity index (χ2v) is 6.71. The summed E-state index contributed by atoms with van der Waals surface area (Å²) in [6, 6.07) is 4.14. The van der Waals surface area contributed by atoms with Crippen molar-refractivity contribution in [2.75, 3.05) is 45.2 Å². The first-order valence-corrected chi connectivity index (χ1v) is 9.60. The van der Waals surface area contributed by atoms with E-state index in [-0.39, 0.29) is 32.0 Å². The molecule has 1 aromatic heterocycles. The molecular weight excluding hydrogens is 410 g/mol. The number of carboxylic acid groups (broad SMARTS) is 1. The van der Waals surface area contributed by atoms with Crippen LogP contribution in [-0.4, -0.2) is 95.4 Å². The number of rotatable bonds is 10. The van der Waals surface area contributed by atoms with Gasteiger partial charge in [-0.25, -0.2) is 4.98 Å². The van der Waals surface area contributed by atoms with E-state index in [0.29, 0.717) is 12.4 Å². The topological polar surface area (TPSA) is 158 Å². The maximum absolute atomic E-state index is 12.6. The average molecular weight is 435 g/mol. The molecular formula is C19H25N5O7. The molecule has 1 saturated heterocycles. The molecule has 1 aromatic rings. The number of aromatic nitrogens is 1. The molecule has 3 N–H and O–H groups in total. The van der Waals surface area contributed by atoms with Gasteiger partial charge in [-0.2, -0.15) is 0 Å². The molecule has 0 aromatic carbocycles. The number of hydrogen-bond acceptors (Lipinski definition) is 8. The second-order valence-electron chi connectivity index (χ2n) is 6.71. The van der Waals surface area contributed by atoms with Gasteiger partial charge >= 0.3 is 11.9 Å². The van der Waals surface area contributed by atoms with Gasteiger partial charge in [0.25, 0.3) is 0 Å². The number of pyridine rings is 1. The molecule has 2 rings (SSSR count). The van der Waals surface area contributed by atoms with Crippen LogP contribution in [0.15, 0.2) is 24.4 Å². The molecule has 1 aliphatic rings. The van der Waals surface area contributed by atoms with E-state index in [1.165, 1.54) is 4.90 Å². The van der Waals surface area contributed by atoms with Gasteiger partial charge in [-0.1, -0.05) is 6.07 Å². The summed E-state index contributed by atoms with van der Waals surface area (Å²) in [6.45, 7) is -0.522. The van der Waals surface area contributed by atoms with Crippen LogP contribution in [0.25, 0.3) is 0 Å². The van der Waals surface area contributed by atoms with Gasteiger partial charge in [0.1, 0.15) is 18.4 Å². The highest BCUT2D eigenvalue weighted by Crippen LogP contribution is 2.15. The van der Waals surface area contributed by atoms with Crippen LogP contribution in [0, 0.1) is 0 Å². The van der Waals surface area contributed by atoms with E-state index in [4.69, 9.17) is 5.11 Å². The van der Waals surface area contributed by atoms with Gasteiger partial charge in [0, 0.05) is 32.3 Å². The molecule has 1 fully saturated rings. The Labute approximate surface area is 178 Å². The fourth-order valence-corrected chi connectivity index (χ4v) is 3.03. The summed E-state index contributed by atoms with van der Waals surface area (Å²) < 4.78 is 4.58. The van der Waals surface area contributed by atoms with E-state index >= 15 is 0 Å². The number of carbonyl (C=O) groups is 5. The van der Waals surface area contributed by atoms with Crippen molar-refractivity contribution < 1.29 is 33.8 Å². The number of nitrogens with one attached hydrogen (secondary N) is 2. The van der Waals surface area contributed by atoms with Crippen molar-refractivity contribution in [3.8, 4) is 0 Å². The van der Waals surface area contributed by atoms with E-state index < -0.39 is 42.8 Å². The smallest absolute Gasteiger partial charge is 0.323 e. The van der Waals surface area contributed by atoms with Gasteiger partial charge in [-0.3, -0.25) is 24.0 Å². The molecule has 12 heteroatoms. The number of ether oxygens (including phenoxy) is 1. The largest absolute Gasteiger partial charge is 0.480 e. The number of nitrogens with zero attached hydrogens (tertiary/aromatic N) is 3. The summed E-state index contributed by atoms with van der Waals surface area (Å²) in [6.07, 6.45) is 1.31. The highest BCUT2D eigenvalue weighted by molar-refractivity contribution is 5.94. The molecule has 31 heavy (non-hydrogen) atoms. The third-order valence-corrected chi connectivity index (χ3v) is 4.58. The number of amides is 3. The monoisotopic (exact) mass is 435 g/mol. The average Bonchev–Trinajstić information content (AvgIpc) is 2.75. The van der Waals surface area contributed by atoms with Crippen molar-refractivity contribution in [1.29, 1.82) is 0 Å². The zero-order valence-electron chi connectivity index (χ0n) is 17.1. The van der Waals surface area contributed by atoms with Crippen LogP contribution in [0.1, 0.15) is 12.8 Å². The molecule has 0 bridgehead atoms. The van der Waals surface area contributed by atoms with E-state index in [1.54, 1.807) is 24.4 Å². The van der Waals surface area contributed by atoms with Gasteiger partial charge < -0.3 is 30.3 Å². The van der Waals surface area contributed by atoms with Crippen LogP contribution < -0.4 is 10.6 Å². The van der Waals surface area contributed by atoms with Gasteiger partial charge in [-0.05, 0) is 12.1 Å². The quantitative estimate of drug-likeness (QED) is 0.379. The first-order chi connectivity index (χ1) is 14.8. The van der Waals surface area contributed by atoms with Crippen LogP contribution >= 0.6 is 0 Å². The molecule has 2 heterocycles. The van der Waals surface area contributed by atoms with E-state index in [0.717, 1.165) is 12.0 Å². The Morgan fingerprint density at radius 3 is 2.68 bits per heavy atom. The van der Waals surface area contributed by atoms with Gasteiger partial charge in [-0.15, -0.1) is 0 Å². The minimum Gasteiger partial charge on any atom is -0.480 e. The summed E-state index contributed by atoms with van der Waals surface area (Å²) >= 11 is 0. The third-order valence-electron chi connectivity index (χ3n) is 4.58. The lowest BCUT2D eigenvalue weighted by Gasteiger charge is -2.39. The summed E-state index contributed by atoms with van der Waals surface area (Å²) in [7, 11) is 1.15. The predicted molar refractivity (Wildman–Crippen MR) is 107 cm³/mol. The number of anilines is 1. The molecule has 168 valence electrons. The van der Waals surface area contributed by atoms with Gasteiger partial charge in [0.2, 0.25) is 17.7 Å². The number of carbonyl (C=O) groups excluding carboxylic acids is 4. The van der Waals surface area contributed by atoms with Crippen LogP contribution in [0.3, 0.4) is 0 Å². The lowest BCUT2D eigenvalue weighted by atomic mass is 10.1. The van der Waals surface area contributed by atoms with Gasteiger partial charge in [0.05, 0.1) is 20.1 Å². The Morgan fingerprint density at radius 2 is 2.03 bits per heavy atom. The minimum atomic E-state index is -1.20. The van der Waals surface area contributed by atoms with Crippen LogP contribution in [0.4, 0.5) is 5.82 Å². The SMILES string of the molecule is COC(=O)CC1C(=O)N(CC(=O)O)CCN1C(=O)CNC(=O)CCNc1ccccn1. The first-order valence-electron chi connectivity index (χ1n) is 9.60. The zero-order valence-corrected chi connectivity index (χ0v) is 17.1. The number of esters is 1. The summed E-state index contributed by atoms with van der Waals surface area (Å²) in [5.41, 5.74) is 0. The molecule has 1 aliphatic heterocycles. The molecule has 0 radical (unpaired) electrons. The summed E-state index contributed by atoms with van der Waals surface area (Å²) in [5.74, 6) is -2.87. The van der Waals surface area contributed by atoms with E-state index in [2.05, 4.69) is 20.4 Å². The van der Waals surface area contributed by atoms with E-state index in [9.17, 15) is 24.0 Å². The zero-order chi connectivity index (χ0) is 22.8. The van der Waals surface area contributed by atoms with Crippen molar-refractivity contribution in [2.45, 2.75) is 18.9 Å². The Hall–Kier alpha value is -3.70. The van der Waals surface area contributed by atoms with Crippen molar-refractivity contribution in [2.24, 2.45) is 0 Å². The van der Waals surface area contributed by atoms with Crippen molar-refractivity contribution >= 4 is 35.5 Å². The number of hydrogen-bond donors (Lipinski definition) is 3. The number of piperazine rings is 1. The normalized spacial score (nSPS) is 15.9. The molecule has 0 aliphatic carbocycles. The lowest BCUT2D eigenvalue weighted by Crippen LogP contribution is -2.61. The van der Waals surface area contributed by atoms with Gasteiger partial charge in [0.15, 0.2) is 0 Å². The second kappa shape index (κ2) is 11.5. The molecule has 12 nitrogen and oxygen atoms in total. The fraction of sp³-hybridized carbons (Fsp3) is 0.474. The Morgan fingerprint density at radius 1 is 1.26 bits per heavy atom. The third kappa shape index (κ3) is 7.24. The number of methoxy groups -OCH3 is 1. The Bertz CT molecular complexity index is 817. The molecule has 1 unspecified atom stereocenters. The molecule has 1 atom stereocenters.